The molecule has 0 spiro atoms. The lowest BCUT2D eigenvalue weighted by molar-refractivity contribution is 0.0696. The van der Waals surface area contributed by atoms with Crippen molar-refractivity contribution in [2.45, 2.75) is 26.7 Å². The van der Waals surface area contributed by atoms with Crippen molar-refractivity contribution in [1.29, 1.82) is 0 Å². The maximum absolute atomic E-state index is 11.2. The van der Waals surface area contributed by atoms with E-state index >= 15 is 0 Å². The zero-order chi connectivity index (χ0) is 19.0. The van der Waals surface area contributed by atoms with E-state index in [9.17, 15) is 9.90 Å². The highest BCUT2D eigenvalue weighted by Crippen LogP contribution is 2.32. The van der Waals surface area contributed by atoms with Crippen LogP contribution in [0.25, 0.3) is 11.0 Å². The molecule has 1 aromatic carbocycles. The molecule has 0 radical (unpaired) electrons. The molecule has 1 aliphatic heterocycles. The molecule has 3 aromatic rings. The number of carboxylic acids is 1. The van der Waals surface area contributed by atoms with Gasteiger partial charge in [-0.3, -0.25) is 0 Å². The Kier molecular flexibility index (Phi) is 4.37. The fourth-order valence-electron chi connectivity index (χ4n) is 3.26. The van der Waals surface area contributed by atoms with Crippen molar-refractivity contribution in [3.63, 3.8) is 0 Å². The highest BCUT2D eigenvalue weighted by atomic mass is 16.5. The molecular formula is C20H19N3O4. The Labute approximate surface area is 156 Å². The quantitative estimate of drug-likeness (QED) is 0.716. The van der Waals surface area contributed by atoms with E-state index in [0.717, 1.165) is 39.2 Å². The fourth-order valence-corrected chi connectivity index (χ4v) is 3.26. The van der Waals surface area contributed by atoms with Gasteiger partial charge in [0.2, 0.25) is 0 Å². The molecule has 2 aromatic heterocycles. The molecule has 1 aliphatic rings. The van der Waals surface area contributed by atoms with Crippen LogP contribution in [0.4, 0.5) is 5.82 Å². The third kappa shape index (κ3) is 3.17. The topological polar surface area (TPSA) is 93.6 Å². The average molecular weight is 365 g/mol. The number of nitrogens with one attached hydrogen (secondary N) is 1. The monoisotopic (exact) mass is 365 g/mol. The van der Waals surface area contributed by atoms with Crippen LogP contribution in [0.3, 0.4) is 0 Å². The molecule has 138 valence electrons. The van der Waals surface area contributed by atoms with Crippen LogP contribution in [0.2, 0.25) is 0 Å². The lowest BCUT2D eigenvalue weighted by Gasteiger charge is -2.13. The molecule has 0 fully saturated rings. The Bertz CT molecular complexity index is 1050. The largest absolute Gasteiger partial charge is 0.497 e. The van der Waals surface area contributed by atoms with E-state index in [4.69, 9.17) is 9.47 Å². The molecule has 0 bridgehead atoms. The first-order chi connectivity index (χ1) is 13.1. The lowest BCUT2D eigenvalue weighted by atomic mass is 10.1. The summed E-state index contributed by atoms with van der Waals surface area (Å²) in [6.07, 6.45) is 1.33. The van der Waals surface area contributed by atoms with Gasteiger partial charge >= 0.3 is 5.97 Å². The number of aromatic nitrogens is 2. The minimum absolute atomic E-state index is 0.146. The number of carbonyl (C=O) groups is 1. The smallest absolute Gasteiger partial charge is 0.337 e. The summed E-state index contributed by atoms with van der Waals surface area (Å²) in [6, 6.07) is 7.56. The predicted octanol–water partition coefficient (Wildman–Crippen LogP) is 3.29. The summed E-state index contributed by atoms with van der Waals surface area (Å²) < 4.78 is 10.8. The van der Waals surface area contributed by atoms with Crippen molar-refractivity contribution in [2.24, 2.45) is 0 Å². The second-order valence-corrected chi connectivity index (χ2v) is 6.46. The predicted molar refractivity (Wildman–Crippen MR) is 100 cm³/mol. The highest BCUT2D eigenvalue weighted by Gasteiger charge is 2.22. The van der Waals surface area contributed by atoms with Gasteiger partial charge in [0.15, 0.2) is 5.65 Å². The number of carboxylic acid groups (broad SMARTS) is 1. The Hall–Kier alpha value is -3.19. The van der Waals surface area contributed by atoms with Crippen LogP contribution in [0, 0.1) is 6.92 Å². The summed E-state index contributed by atoms with van der Waals surface area (Å²) >= 11 is 0. The zero-order valence-electron chi connectivity index (χ0n) is 15.1. The SMILES string of the molecule is COc1ccc(CNc2nc3ncc(C(=O)O)cc3c3c2COC3)c(C)c1. The first-order valence-corrected chi connectivity index (χ1v) is 8.56. The minimum Gasteiger partial charge on any atom is -0.497 e. The maximum atomic E-state index is 11.2. The van der Waals surface area contributed by atoms with Crippen LogP contribution < -0.4 is 10.1 Å². The number of rotatable bonds is 5. The molecule has 0 atom stereocenters. The summed E-state index contributed by atoms with van der Waals surface area (Å²) in [7, 11) is 1.65. The summed E-state index contributed by atoms with van der Waals surface area (Å²) in [5.74, 6) is 0.544. The van der Waals surface area contributed by atoms with E-state index in [1.165, 1.54) is 6.20 Å². The number of fused-ring (bicyclic) bond motifs is 3. The second-order valence-electron chi connectivity index (χ2n) is 6.46. The summed E-state index contributed by atoms with van der Waals surface area (Å²) in [6.45, 7) is 3.51. The van der Waals surface area contributed by atoms with Gasteiger partial charge < -0.3 is 19.9 Å². The second kappa shape index (κ2) is 6.85. The molecule has 27 heavy (non-hydrogen) atoms. The van der Waals surface area contributed by atoms with Crippen LogP contribution in [0.15, 0.2) is 30.5 Å². The number of pyridine rings is 2. The highest BCUT2D eigenvalue weighted by molar-refractivity contribution is 5.93. The molecule has 7 nitrogen and oxygen atoms in total. The number of anilines is 1. The number of hydrogen-bond acceptors (Lipinski definition) is 6. The molecular weight excluding hydrogens is 346 g/mol. The van der Waals surface area contributed by atoms with Gasteiger partial charge in [-0.15, -0.1) is 0 Å². The molecule has 0 aliphatic carbocycles. The van der Waals surface area contributed by atoms with E-state index < -0.39 is 5.97 Å². The standard InChI is InChI=1S/C20H19N3O4/c1-11-5-14(26-2)4-3-12(11)7-21-19-17-10-27-9-16(17)15-6-13(20(24)25)8-22-18(15)23-19/h3-6,8H,7,9-10H2,1-2H3,(H,24,25)(H,21,22,23). The van der Waals surface area contributed by atoms with Crippen molar-refractivity contribution in [2.75, 3.05) is 12.4 Å². The number of methoxy groups -OCH3 is 1. The molecule has 7 heteroatoms. The molecule has 2 N–H and O–H groups in total. The fraction of sp³-hybridized carbons (Fsp3) is 0.250. The van der Waals surface area contributed by atoms with Crippen LogP contribution in [0.1, 0.15) is 32.6 Å². The van der Waals surface area contributed by atoms with E-state index in [0.29, 0.717) is 25.4 Å². The van der Waals surface area contributed by atoms with E-state index in [2.05, 4.69) is 15.3 Å². The number of aromatic carboxylic acids is 1. The number of hydrogen-bond donors (Lipinski definition) is 2. The van der Waals surface area contributed by atoms with E-state index in [-0.39, 0.29) is 5.56 Å². The average Bonchev–Trinajstić information content (AvgIpc) is 3.16. The van der Waals surface area contributed by atoms with Gasteiger partial charge in [-0.05, 0) is 41.8 Å². The Morgan fingerprint density at radius 1 is 1.30 bits per heavy atom. The Morgan fingerprint density at radius 3 is 2.85 bits per heavy atom. The normalized spacial score (nSPS) is 12.8. The number of benzene rings is 1. The first kappa shape index (κ1) is 17.2. The van der Waals surface area contributed by atoms with Crippen molar-refractivity contribution in [1.82, 2.24) is 9.97 Å². The summed E-state index contributed by atoms with van der Waals surface area (Å²) in [5.41, 5.74) is 4.83. The first-order valence-electron chi connectivity index (χ1n) is 8.56. The lowest BCUT2D eigenvalue weighted by Crippen LogP contribution is -2.08. The number of aryl methyl sites for hydroxylation is 1. The van der Waals surface area contributed by atoms with Crippen molar-refractivity contribution in [3.8, 4) is 5.75 Å². The number of nitrogens with zero attached hydrogens (tertiary/aromatic N) is 2. The van der Waals surface area contributed by atoms with E-state index in [1.54, 1.807) is 13.2 Å². The van der Waals surface area contributed by atoms with Gasteiger partial charge in [-0.2, -0.15) is 0 Å². The van der Waals surface area contributed by atoms with Gasteiger partial charge in [-0.1, -0.05) is 6.07 Å². The molecule has 0 amide bonds. The van der Waals surface area contributed by atoms with Gasteiger partial charge in [0.1, 0.15) is 11.6 Å². The van der Waals surface area contributed by atoms with Gasteiger partial charge in [-0.25, -0.2) is 14.8 Å². The molecule has 0 saturated heterocycles. The maximum Gasteiger partial charge on any atom is 0.337 e. The Balaban J connectivity index is 1.68. The number of ether oxygens (including phenoxy) is 2. The molecule has 0 saturated carbocycles. The molecule has 4 rings (SSSR count). The van der Waals surface area contributed by atoms with Crippen LogP contribution in [-0.2, 0) is 24.5 Å². The van der Waals surface area contributed by atoms with Crippen molar-refractivity contribution >= 4 is 22.8 Å². The minimum atomic E-state index is -1.01. The third-order valence-corrected chi connectivity index (χ3v) is 4.80. The van der Waals surface area contributed by atoms with Crippen molar-refractivity contribution in [3.05, 3.63) is 58.3 Å². The van der Waals surface area contributed by atoms with Gasteiger partial charge in [0.05, 0.1) is 25.9 Å². The third-order valence-electron chi connectivity index (χ3n) is 4.80. The van der Waals surface area contributed by atoms with E-state index in [1.807, 2.05) is 25.1 Å². The van der Waals surface area contributed by atoms with Gasteiger partial charge in [0.25, 0.3) is 0 Å². The van der Waals surface area contributed by atoms with Gasteiger partial charge in [0, 0.05) is 23.7 Å². The molecule has 3 heterocycles. The zero-order valence-corrected chi connectivity index (χ0v) is 15.1. The van der Waals surface area contributed by atoms with Crippen LogP contribution in [0.5, 0.6) is 5.75 Å². The molecule has 0 unspecified atom stereocenters. The van der Waals surface area contributed by atoms with Crippen molar-refractivity contribution < 1.29 is 19.4 Å². The van der Waals surface area contributed by atoms with Crippen LogP contribution in [-0.4, -0.2) is 28.2 Å². The summed E-state index contributed by atoms with van der Waals surface area (Å²) in [4.78, 5) is 20.1. The van der Waals surface area contributed by atoms with Crippen LogP contribution >= 0.6 is 0 Å². The summed E-state index contributed by atoms with van der Waals surface area (Å²) in [5, 5.41) is 13.3. The Morgan fingerprint density at radius 2 is 2.11 bits per heavy atom.